The van der Waals surface area contributed by atoms with Crippen molar-refractivity contribution < 1.29 is 22.4 Å². The molecule has 0 radical (unpaired) electrons. The Bertz CT molecular complexity index is 602. The van der Waals surface area contributed by atoms with E-state index in [-0.39, 0.29) is 5.76 Å². The molecule has 0 bridgehead atoms. The van der Waals surface area contributed by atoms with E-state index in [1.807, 2.05) is 0 Å². The van der Waals surface area contributed by atoms with Gasteiger partial charge in [0.2, 0.25) is 0 Å². The van der Waals surface area contributed by atoms with Crippen LogP contribution < -0.4 is 5.43 Å². The largest absolute Gasteiger partial charge is 0.459 e. The van der Waals surface area contributed by atoms with Gasteiger partial charge in [-0.3, -0.25) is 4.79 Å². The van der Waals surface area contributed by atoms with Crippen molar-refractivity contribution in [3.05, 3.63) is 59.5 Å². The van der Waals surface area contributed by atoms with Crippen LogP contribution in [0.5, 0.6) is 0 Å². The average Bonchev–Trinajstić information content (AvgIpc) is 2.92. The first-order valence-corrected chi connectivity index (χ1v) is 5.51. The molecule has 0 fully saturated rings. The number of carbonyl (C=O) groups is 1. The number of halogens is 3. The van der Waals surface area contributed by atoms with Crippen LogP contribution in [0.25, 0.3) is 0 Å². The molecule has 7 heteroatoms. The Labute approximate surface area is 111 Å². The summed E-state index contributed by atoms with van der Waals surface area (Å²) in [5.74, 6) is -0.451. The van der Waals surface area contributed by atoms with Crippen molar-refractivity contribution in [3.8, 4) is 0 Å². The van der Waals surface area contributed by atoms with E-state index >= 15 is 0 Å². The molecule has 0 aliphatic rings. The van der Waals surface area contributed by atoms with Crippen LogP contribution in [-0.4, -0.2) is 12.1 Å². The standard InChI is InChI=1S/C13H9F3N2O2/c14-13(15,16)10-5-3-9(4-6-10)8-17-18-12(19)11-2-1-7-20-11/h1-8H,(H,18,19)/b17-8+. The molecule has 0 saturated heterocycles. The predicted molar refractivity (Wildman–Crippen MR) is 65.2 cm³/mol. The molecule has 104 valence electrons. The van der Waals surface area contributed by atoms with Crippen molar-refractivity contribution in [2.45, 2.75) is 6.18 Å². The van der Waals surface area contributed by atoms with Gasteiger partial charge in [0.1, 0.15) is 0 Å². The second-order valence-corrected chi connectivity index (χ2v) is 3.80. The van der Waals surface area contributed by atoms with Gasteiger partial charge in [-0.05, 0) is 29.8 Å². The number of rotatable bonds is 3. The molecular formula is C13H9F3N2O2. The lowest BCUT2D eigenvalue weighted by Crippen LogP contribution is -2.16. The highest BCUT2D eigenvalue weighted by Crippen LogP contribution is 2.28. The average molecular weight is 282 g/mol. The quantitative estimate of drug-likeness (QED) is 0.694. The Balaban J connectivity index is 1.97. The Morgan fingerprint density at radius 3 is 2.45 bits per heavy atom. The number of furan rings is 1. The van der Waals surface area contributed by atoms with E-state index in [0.717, 1.165) is 12.1 Å². The van der Waals surface area contributed by atoms with E-state index in [1.54, 1.807) is 6.07 Å². The van der Waals surface area contributed by atoms with Gasteiger partial charge >= 0.3 is 12.1 Å². The molecule has 4 nitrogen and oxygen atoms in total. The molecule has 1 aromatic heterocycles. The van der Waals surface area contributed by atoms with Crippen LogP contribution in [0.15, 0.2) is 52.2 Å². The summed E-state index contributed by atoms with van der Waals surface area (Å²) in [7, 11) is 0. The van der Waals surface area contributed by atoms with Crippen molar-refractivity contribution in [1.82, 2.24) is 5.43 Å². The molecule has 2 rings (SSSR count). The minimum atomic E-state index is -4.37. The van der Waals surface area contributed by atoms with Crippen LogP contribution in [0.2, 0.25) is 0 Å². The molecule has 0 saturated carbocycles. The summed E-state index contributed by atoms with van der Waals surface area (Å²) in [5.41, 5.74) is 1.88. The molecule has 0 unspecified atom stereocenters. The molecular weight excluding hydrogens is 273 g/mol. The maximum absolute atomic E-state index is 12.3. The number of amides is 1. The molecule has 0 spiro atoms. The Kier molecular flexibility index (Phi) is 3.88. The fraction of sp³-hybridized carbons (Fsp3) is 0.0769. The van der Waals surface area contributed by atoms with Crippen LogP contribution in [0, 0.1) is 0 Å². The van der Waals surface area contributed by atoms with Crippen molar-refractivity contribution >= 4 is 12.1 Å². The number of hydrazone groups is 1. The van der Waals surface area contributed by atoms with Crippen LogP contribution in [-0.2, 0) is 6.18 Å². The number of nitrogens with zero attached hydrogens (tertiary/aromatic N) is 1. The third kappa shape index (κ3) is 3.47. The Hall–Kier alpha value is -2.57. The number of benzene rings is 1. The minimum absolute atomic E-state index is 0.0922. The van der Waals surface area contributed by atoms with Crippen molar-refractivity contribution in [3.63, 3.8) is 0 Å². The summed E-state index contributed by atoms with van der Waals surface area (Å²) in [5, 5.41) is 3.62. The van der Waals surface area contributed by atoms with Gasteiger partial charge in [0.25, 0.3) is 0 Å². The van der Waals surface area contributed by atoms with Gasteiger partial charge in [0.15, 0.2) is 5.76 Å². The van der Waals surface area contributed by atoms with Crippen LogP contribution >= 0.6 is 0 Å². The highest BCUT2D eigenvalue weighted by atomic mass is 19.4. The zero-order valence-corrected chi connectivity index (χ0v) is 10.0. The lowest BCUT2D eigenvalue weighted by Gasteiger charge is -2.05. The molecule has 0 aliphatic heterocycles. The SMILES string of the molecule is O=C(N/N=C/c1ccc(C(F)(F)F)cc1)c1ccco1. The highest BCUT2D eigenvalue weighted by molar-refractivity contribution is 5.92. The van der Waals surface area contributed by atoms with Gasteiger partial charge in [0.05, 0.1) is 18.0 Å². The molecule has 2 aromatic rings. The molecule has 0 atom stereocenters. The molecule has 1 amide bonds. The van der Waals surface area contributed by atoms with E-state index in [0.29, 0.717) is 5.56 Å². The third-order valence-corrected chi connectivity index (χ3v) is 2.36. The first-order valence-electron chi connectivity index (χ1n) is 5.51. The van der Waals surface area contributed by atoms with E-state index in [4.69, 9.17) is 4.42 Å². The van der Waals surface area contributed by atoms with E-state index in [9.17, 15) is 18.0 Å². The number of carbonyl (C=O) groups excluding carboxylic acids is 1. The Morgan fingerprint density at radius 2 is 1.90 bits per heavy atom. The topological polar surface area (TPSA) is 54.6 Å². The van der Waals surface area contributed by atoms with E-state index in [2.05, 4.69) is 10.5 Å². The fourth-order valence-corrected chi connectivity index (χ4v) is 1.39. The van der Waals surface area contributed by atoms with Crippen LogP contribution in [0.4, 0.5) is 13.2 Å². The predicted octanol–water partition coefficient (Wildman–Crippen LogP) is 3.06. The first kappa shape index (κ1) is 13.9. The van der Waals surface area contributed by atoms with Crippen LogP contribution in [0.1, 0.15) is 21.7 Å². The number of alkyl halides is 3. The Morgan fingerprint density at radius 1 is 1.20 bits per heavy atom. The second kappa shape index (κ2) is 5.60. The van der Waals surface area contributed by atoms with Gasteiger partial charge < -0.3 is 4.42 Å². The summed E-state index contributed by atoms with van der Waals surface area (Å²) in [6.45, 7) is 0. The maximum Gasteiger partial charge on any atom is 0.416 e. The fourth-order valence-electron chi connectivity index (χ4n) is 1.39. The van der Waals surface area contributed by atoms with Crippen LogP contribution in [0.3, 0.4) is 0 Å². The van der Waals surface area contributed by atoms with Gasteiger partial charge in [-0.1, -0.05) is 12.1 Å². The van der Waals surface area contributed by atoms with Gasteiger partial charge in [-0.25, -0.2) is 5.43 Å². The van der Waals surface area contributed by atoms with Crippen molar-refractivity contribution in [1.29, 1.82) is 0 Å². The van der Waals surface area contributed by atoms with Crippen molar-refractivity contribution in [2.24, 2.45) is 5.10 Å². The van der Waals surface area contributed by atoms with E-state index < -0.39 is 17.6 Å². The zero-order valence-electron chi connectivity index (χ0n) is 10.0. The van der Waals surface area contributed by atoms with Gasteiger partial charge in [-0.15, -0.1) is 0 Å². The lowest BCUT2D eigenvalue weighted by atomic mass is 10.1. The van der Waals surface area contributed by atoms with Gasteiger partial charge in [-0.2, -0.15) is 18.3 Å². The molecule has 1 N–H and O–H groups in total. The second-order valence-electron chi connectivity index (χ2n) is 3.80. The van der Waals surface area contributed by atoms with Crippen molar-refractivity contribution in [2.75, 3.05) is 0 Å². The normalized spacial score (nSPS) is 11.8. The minimum Gasteiger partial charge on any atom is -0.459 e. The maximum atomic E-state index is 12.3. The summed E-state index contributed by atoms with van der Waals surface area (Å²) < 4.78 is 41.8. The highest BCUT2D eigenvalue weighted by Gasteiger charge is 2.29. The monoisotopic (exact) mass is 282 g/mol. The third-order valence-electron chi connectivity index (χ3n) is 2.36. The first-order chi connectivity index (χ1) is 9.47. The molecule has 1 aromatic carbocycles. The summed E-state index contributed by atoms with van der Waals surface area (Å²) in [6.07, 6.45) is -1.79. The molecule has 1 heterocycles. The summed E-state index contributed by atoms with van der Waals surface area (Å²) >= 11 is 0. The number of nitrogens with one attached hydrogen (secondary N) is 1. The smallest absolute Gasteiger partial charge is 0.416 e. The lowest BCUT2D eigenvalue weighted by molar-refractivity contribution is -0.137. The summed E-state index contributed by atoms with van der Waals surface area (Å²) in [4.78, 5) is 11.4. The molecule has 0 aliphatic carbocycles. The zero-order chi connectivity index (χ0) is 14.6. The summed E-state index contributed by atoms with van der Waals surface area (Å²) in [6, 6.07) is 7.40. The number of hydrogen-bond donors (Lipinski definition) is 1. The number of hydrogen-bond acceptors (Lipinski definition) is 3. The molecule has 20 heavy (non-hydrogen) atoms. The van der Waals surface area contributed by atoms with Gasteiger partial charge in [0, 0.05) is 0 Å². The van der Waals surface area contributed by atoms with E-state index in [1.165, 1.54) is 30.7 Å².